The largest absolute Gasteiger partial charge is 0.516 e. The zero-order valence-electron chi connectivity index (χ0n) is 12.8. The molecule has 0 saturated carbocycles. The summed E-state index contributed by atoms with van der Waals surface area (Å²) in [7, 11) is 0. The Morgan fingerprint density at radius 1 is 1.00 bits per heavy atom. The first-order chi connectivity index (χ1) is 8.32. The molecule has 2 N–H and O–H groups in total. The number of hydrogen-bond acceptors (Lipinski definition) is 6. The standard InChI is InChI=1S/C13H25NO5/c1-8(18-12(2,3)4)9(14)10(15)17-11(16)19-13(5,6)7/h8-9H,14H2,1-7H3/t8-,9+/m1/s1. The average Bonchev–Trinajstić information content (AvgIpc) is 2.10. The van der Waals surface area contributed by atoms with Crippen molar-refractivity contribution in [1.82, 2.24) is 0 Å². The van der Waals surface area contributed by atoms with Crippen molar-refractivity contribution in [3.8, 4) is 0 Å². The third-order valence-corrected chi connectivity index (χ3v) is 1.89. The van der Waals surface area contributed by atoms with Gasteiger partial charge in [-0.1, -0.05) is 0 Å². The van der Waals surface area contributed by atoms with Gasteiger partial charge in [0.1, 0.15) is 11.6 Å². The molecular formula is C13H25NO5. The van der Waals surface area contributed by atoms with Crippen molar-refractivity contribution < 1.29 is 23.8 Å². The fourth-order valence-corrected chi connectivity index (χ4v) is 1.24. The van der Waals surface area contributed by atoms with Gasteiger partial charge in [-0.15, -0.1) is 0 Å². The van der Waals surface area contributed by atoms with E-state index in [1.54, 1.807) is 27.7 Å². The molecule has 0 bridgehead atoms. The average molecular weight is 275 g/mol. The number of nitrogens with two attached hydrogens (primary N) is 1. The lowest BCUT2D eigenvalue weighted by molar-refractivity contribution is -0.149. The summed E-state index contributed by atoms with van der Waals surface area (Å²) in [6.45, 7) is 12.2. The normalized spacial score (nSPS) is 15.6. The van der Waals surface area contributed by atoms with Crippen LogP contribution in [0.3, 0.4) is 0 Å². The summed E-state index contributed by atoms with van der Waals surface area (Å²) in [6, 6.07) is -1.05. The summed E-state index contributed by atoms with van der Waals surface area (Å²) >= 11 is 0. The van der Waals surface area contributed by atoms with E-state index in [-0.39, 0.29) is 0 Å². The Balaban J connectivity index is 4.39. The summed E-state index contributed by atoms with van der Waals surface area (Å²) < 4.78 is 14.9. The van der Waals surface area contributed by atoms with E-state index in [0.717, 1.165) is 0 Å². The Morgan fingerprint density at radius 3 is 1.84 bits per heavy atom. The quantitative estimate of drug-likeness (QED) is 0.626. The molecule has 112 valence electrons. The predicted molar refractivity (Wildman–Crippen MR) is 70.6 cm³/mol. The van der Waals surface area contributed by atoms with Crippen LogP contribution in [0, 0.1) is 0 Å². The van der Waals surface area contributed by atoms with Crippen LogP contribution in [-0.2, 0) is 19.0 Å². The minimum absolute atomic E-state index is 0.441. The minimum atomic E-state index is -1.06. The van der Waals surface area contributed by atoms with Crippen LogP contribution in [0.1, 0.15) is 48.5 Å². The van der Waals surface area contributed by atoms with Crippen molar-refractivity contribution in [2.75, 3.05) is 0 Å². The number of carbonyl (C=O) groups excluding carboxylic acids is 2. The van der Waals surface area contributed by atoms with Gasteiger partial charge in [0.15, 0.2) is 0 Å². The second-order valence-corrected chi connectivity index (χ2v) is 6.35. The maximum Gasteiger partial charge on any atom is 0.516 e. The smallest absolute Gasteiger partial charge is 0.428 e. The fourth-order valence-electron chi connectivity index (χ4n) is 1.24. The van der Waals surface area contributed by atoms with E-state index in [4.69, 9.17) is 15.2 Å². The van der Waals surface area contributed by atoms with Crippen molar-refractivity contribution >= 4 is 12.1 Å². The number of hydrogen-bond donors (Lipinski definition) is 1. The van der Waals surface area contributed by atoms with Crippen LogP contribution in [0.2, 0.25) is 0 Å². The highest BCUT2D eigenvalue weighted by atomic mass is 16.7. The second kappa shape index (κ2) is 6.34. The molecule has 0 spiro atoms. The highest BCUT2D eigenvalue weighted by Gasteiger charge is 2.30. The summed E-state index contributed by atoms with van der Waals surface area (Å²) in [5, 5.41) is 0. The molecule has 19 heavy (non-hydrogen) atoms. The van der Waals surface area contributed by atoms with Gasteiger partial charge in [0.2, 0.25) is 0 Å². The Hall–Kier alpha value is -1.14. The lowest BCUT2D eigenvalue weighted by atomic mass is 10.1. The van der Waals surface area contributed by atoms with Crippen molar-refractivity contribution in [2.24, 2.45) is 5.73 Å². The van der Waals surface area contributed by atoms with Gasteiger partial charge in [-0.2, -0.15) is 0 Å². The summed E-state index contributed by atoms with van der Waals surface area (Å²) in [6.07, 6.45) is -1.63. The van der Waals surface area contributed by atoms with Crippen molar-refractivity contribution in [2.45, 2.75) is 71.8 Å². The highest BCUT2D eigenvalue weighted by Crippen LogP contribution is 2.13. The van der Waals surface area contributed by atoms with Crippen LogP contribution < -0.4 is 5.73 Å². The first kappa shape index (κ1) is 17.9. The molecule has 0 unspecified atom stereocenters. The molecule has 0 radical (unpaired) electrons. The van der Waals surface area contributed by atoms with Crippen LogP contribution in [-0.4, -0.2) is 35.5 Å². The van der Waals surface area contributed by atoms with Gasteiger partial charge < -0.3 is 19.9 Å². The second-order valence-electron chi connectivity index (χ2n) is 6.35. The van der Waals surface area contributed by atoms with Gasteiger partial charge in [0.05, 0.1) is 11.7 Å². The molecule has 2 atom stereocenters. The molecule has 0 aliphatic carbocycles. The van der Waals surface area contributed by atoms with Crippen LogP contribution >= 0.6 is 0 Å². The number of carbonyl (C=O) groups is 2. The van der Waals surface area contributed by atoms with E-state index in [1.165, 1.54) is 0 Å². The Labute approximate surface area is 114 Å². The number of rotatable bonds is 3. The Kier molecular flexibility index (Phi) is 5.96. The van der Waals surface area contributed by atoms with E-state index in [0.29, 0.717) is 0 Å². The molecule has 0 rings (SSSR count). The first-order valence-corrected chi connectivity index (χ1v) is 6.20. The van der Waals surface area contributed by atoms with Gasteiger partial charge in [-0.3, -0.25) is 0 Å². The molecular weight excluding hydrogens is 250 g/mol. The maximum atomic E-state index is 11.6. The molecule has 0 aliphatic rings. The molecule has 0 heterocycles. The van der Waals surface area contributed by atoms with E-state index >= 15 is 0 Å². The van der Waals surface area contributed by atoms with E-state index < -0.39 is 35.5 Å². The molecule has 0 aliphatic heterocycles. The summed E-state index contributed by atoms with van der Waals surface area (Å²) in [5.41, 5.74) is 4.50. The molecule has 0 aromatic heterocycles. The van der Waals surface area contributed by atoms with E-state index in [1.807, 2.05) is 20.8 Å². The van der Waals surface area contributed by atoms with Crippen molar-refractivity contribution in [3.05, 3.63) is 0 Å². The molecule has 0 aromatic carbocycles. The van der Waals surface area contributed by atoms with Crippen LogP contribution in [0.4, 0.5) is 4.79 Å². The minimum Gasteiger partial charge on any atom is -0.428 e. The lowest BCUT2D eigenvalue weighted by Gasteiger charge is -2.27. The van der Waals surface area contributed by atoms with E-state index in [9.17, 15) is 9.59 Å². The number of ether oxygens (including phenoxy) is 3. The monoisotopic (exact) mass is 275 g/mol. The van der Waals surface area contributed by atoms with Gasteiger partial charge in [-0.05, 0) is 48.5 Å². The van der Waals surface area contributed by atoms with Crippen molar-refractivity contribution in [1.29, 1.82) is 0 Å². The molecule has 0 fully saturated rings. The van der Waals surface area contributed by atoms with Crippen molar-refractivity contribution in [3.63, 3.8) is 0 Å². The first-order valence-electron chi connectivity index (χ1n) is 6.20. The van der Waals surface area contributed by atoms with E-state index in [2.05, 4.69) is 4.74 Å². The fraction of sp³-hybridized carbons (Fsp3) is 0.846. The molecule has 0 saturated heterocycles. The summed E-state index contributed by atoms with van der Waals surface area (Å²) in [5.74, 6) is -0.869. The molecule has 6 nitrogen and oxygen atoms in total. The predicted octanol–water partition coefficient (Wildman–Crippen LogP) is 2.00. The third-order valence-electron chi connectivity index (χ3n) is 1.89. The molecule has 0 amide bonds. The van der Waals surface area contributed by atoms with Crippen LogP contribution in [0.15, 0.2) is 0 Å². The number of esters is 1. The van der Waals surface area contributed by atoms with Gasteiger partial charge in [0.25, 0.3) is 0 Å². The topological polar surface area (TPSA) is 87.9 Å². The molecule has 6 heteroatoms. The third kappa shape index (κ3) is 8.56. The maximum absolute atomic E-state index is 11.6. The highest BCUT2D eigenvalue weighted by molar-refractivity contribution is 5.85. The lowest BCUT2D eigenvalue weighted by Crippen LogP contribution is -2.46. The Morgan fingerprint density at radius 2 is 1.47 bits per heavy atom. The van der Waals surface area contributed by atoms with Crippen LogP contribution in [0.5, 0.6) is 0 Å². The van der Waals surface area contributed by atoms with Gasteiger partial charge >= 0.3 is 12.1 Å². The molecule has 0 aromatic rings. The zero-order valence-corrected chi connectivity index (χ0v) is 12.8. The summed E-state index contributed by atoms with van der Waals surface area (Å²) in [4.78, 5) is 23.0. The van der Waals surface area contributed by atoms with Gasteiger partial charge in [0, 0.05) is 0 Å². The van der Waals surface area contributed by atoms with Gasteiger partial charge in [-0.25, -0.2) is 9.59 Å². The Bertz CT molecular complexity index is 327. The zero-order chi connectivity index (χ0) is 15.4. The SMILES string of the molecule is C[C@@H](OC(C)(C)C)[C@H](N)C(=O)OC(=O)OC(C)(C)C. The van der Waals surface area contributed by atoms with Crippen LogP contribution in [0.25, 0.3) is 0 Å².